The summed E-state index contributed by atoms with van der Waals surface area (Å²) in [6, 6.07) is -0.620. The van der Waals surface area contributed by atoms with Gasteiger partial charge in [0.2, 0.25) is 11.8 Å². The maximum Gasteiger partial charge on any atom is 0.234 e. The number of amides is 2. The molecule has 2 aliphatic heterocycles. The molecule has 3 atom stereocenters. The van der Waals surface area contributed by atoms with Crippen molar-refractivity contribution >= 4 is 17.6 Å². The first-order valence-electron chi connectivity index (χ1n) is 8.86. The van der Waals surface area contributed by atoms with Gasteiger partial charge in [-0.15, -0.1) is 0 Å². The van der Waals surface area contributed by atoms with Crippen LogP contribution < -0.4 is 0 Å². The van der Waals surface area contributed by atoms with Gasteiger partial charge in [0, 0.05) is 13.0 Å². The fourth-order valence-corrected chi connectivity index (χ4v) is 4.01. The first-order valence-corrected chi connectivity index (χ1v) is 8.86. The van der Waals surface area contributed by atoms with Gasteiger partial charge in [-0.3, -0.25) is 19.3 Å². The van der Waals surface area contributed by atoms with Crippen LogP contribution in [0.1, 0.15) is 45.4 Å². The van der Waals surface area contributed by atoms with Crippen LogP contribution in [-0.4, -0.2) is 53.1 Å². The van der Waals surface area contributed by atoms with Gasteiger partial charge in [0.1, 0.15) is 0 Å². The number of piperidine rings is 1. The van der Waals surface area contributed by atoms with Crippen molar-refractivity contribution < 1.29 is 14.4 Å². The van der Waals surface area contributed by atoms with Crippen molar-refractivity contribution in [2.75, 3.05) is 19.6 Å². The van der Waals surface area contributed by atoms with Crippen molar-refractivity contribution in [3.63, 3.8) is 0 Å². The molecule has 2 heterocycles. The average Bonchev–Trinajstić information content (AvgIpc) is 2.84. The second-order valence-corrected chi connectivity index (χ2v) is 7.00. The number of allylic oxidation sites excluding steroid dienone is 2. The summed E-state index contributed by atoms with van der Waals surface area (Å²) in [5, 5.41) is 0. The SMILES string of the molecule is CC(C(=O)CCN1CCCCC1)N1C(=O)C2CC=CCC2C1=O. The number of fused-ring (bicyclic) bond motifs is 1. The monoisotopic (exact) mass is 318 g/mol. The molecule has 2 saturated heterocycles. The van der Waals surface area contributed by atoms with Gasteiger partial charge < -0.3 is 4.90 Å². The molecule has 5 heteroatoms. The molecule has 2 fully saturated rings. The van der Waals surface area contributed by atoms with E-state index in [1.165, 1.54) is 24.2 Å². The third-order valence-electron chi connectivity index (χ3n) is 5.52. The van der Waals surface area contributed by atoms with Crippen molar-refractivity contribution in [3.05, 3.63) is 12.2 Å². The highest BCUT2D eigenvalue weighted by Crippen LogP contribution is 2.36. The number of rotatable bonds is 5. The van der Waals surface area contributed by atoms with Crippen LogP contribution in [-0.2, 0) is 14.4 Å². The fraction of sp³-hybridized carbons (Fsp3) is 0.722. The number of hydrogen-bond donors (Lipinski definition) is 0. The predicted molar refractivity (Wildman–Crippen MR) is 86.6 cm³/mol. The van der Waals surface area contributed by atoms with Crippen LogP contribution >= 0.6 is 0 Å². The first kappa shape index (κ1) is 16.4. The molecule has 0 aromatic heterocycles. The Labute approximate surface area is 137 Å². The van der Waals surface area contributed by atoms with E-state index in [0.717, 1.165) is 19.6 Å². The van der Waals surface area contributed by atoms with Gasteiger partial charge in [0.15, 0.2) is 5.78 Å². The molecule has 5 nitrogen and oxygen atoms in total. The van der Waals surface area contributed by atoms with E-state index in [1.54, 1.807) is 6.92 Å². The Morgan fingerprint density at radius 1 is 1.09 bits per heavy atom. The fourth-order valence-electron chi connectivity index (χ4n) is 4.01. The van der Waals surface area contributed by atoms with Crippen molar-refractivity contribution in [3.8, 4) is 0 Å². The molecule has 3 rings (SSSR count). The van der Waals surface area contributed by atoms with Crippen molar-refractivity contribution in [2.45, 2.75) is 51.5 Å². The lowest BCUT2D eigenvalue weighted by atomic mass is 9.85. The molecule has 23 heavy (non-hydrogen) atoms. The maximum atomic E-state index is 12.5. The molecule has 1 aliphatic carbocycles. The lowest BCUT2D eigenvalue weighted by molar-refractivity contribution is -0.146. The molecule has 3 unspecified atom stereocenters. The summed E-state index contributed by atoms with van der Waals surface area (Å²) in [6.45, 7) is 4.56. The Hall–Kier alpha value is -1.49. The van der Waals surface area contributed by atoms with E-state index in [4.69, 9.17) is 0 Å². The normalized spacial score (nSPS) is 29.7. The van der Waals surface area contributed by atoms with Crippen LogP contribution in [0.25, 0.3) is 0 Å². The van der Waals surface area contributed by atoms with Crippen molar-refractivity contribution in [2.24, 2.45) is 11.8 Å². The number of hydrogen-bond acceptors (Lipinski definition) is 4. The van der Waals surface area contributed by atoms with E-state index < -0.39 is 6.04 Å². The Balaban J connectivity index is 1.58. The predicted octanol–water partition coefficient (Wildman–Crippen LogP) is 1.77. The zero-order valence-corrected chi connectivity index (χ0v) is 13.9. The molecule has 0 aromatic carbocycles. The van der Waals surface area contributed by atoms with Gasteiger partial charge in [0.25, 0.3) is 0 Å². The smallest absolute Gasteiger partial charge is 0.234 e. The Kier molecular flexibility index (Phi) is 4.95. The highest BCUT2D eigenvalue weighted by Gasteiger charge is 2.49. The van der Waals surface area contributed by atoms with Gasteiger partial charge in [0.05, 0.1) is 17.9 Å². The van der Waals surface area contributed by atoms with Gasteiger partial charge in [-0.1, -0.05) is 18.6 Å². The minimum Gasteiger partial charge on any atom is -0.303 e. The molecule has 0 radical (unpaired) electrons. The van der Waals surface area contributed by atoms with Gasteiger partial charge >= 0.3 is 0 Å². The lowest BCUT2D eigenvalue weighted by Crippen LogP contribution is -2.44. The topological polar surface area (TPSA) is 57.7 Å². The number of carbonyl (C=O) groups is 3. The first-order chi connectivity index (χ1) is 11.1. The molecular weight excluding hydrogens is 292 g/mol. The summed E-state index contributed by atoms with van der Waals surface area (Å²) >= 11 is 0. The van der Waals surface area contributed by atoms with E-state index in [0.29, 0.717) is 19.3 Å². The van der Waals surface area contributed by atoms with Crippen LogP contribution in [0.3, 0.4) is 0 Å². The second kappa shape index (κ2) is 6.95. The molecular formula is C18H26N2O3. The van der Waals surface area contributed by atoms with Gasteiger partial charge in [-0.05, 0) is 45.7 Å². The lowest BCUT2D eigenvalue weighted by Gasteiger charge is -2.27. The zero-order chi connectivity index (χ0) is 16.4. The summed E-state index contributed by atoms with van der Waals surface area (Å²) < 4.78 is 0. The van der Waals surface area contributed by atoms with Gasteiger partial charge in [-0.2, -0.15) is 0 Å². The van der Waals surface area contributed by atoms with Crippen LogP contribution in [0.5, 0.6) is 0 Å². The zero-order valence-electron chi connectivity index (χ0n) is 13.9. The van der Waals surface area contributed by atoms with Crippen molar-refractivity contribution in [1.82, 2.24) is 9.80 Å². The van der Waals surface area contributed by atoms with E-state index in [1.807, 2.05) is 12.2 Å². The third kappa shape index (κ3) is 3.25. The van der Waals surface area contributed by atoms with Crippen LogP contribution in [0.2, 0.25) is 0 Å². The highest BCUT2D eigenvalue weighted by molar-refractivity contribution is 6.08. The largest absolute Gasteiger partial charge is 0.303 e. The summed E-state index contributed by atoms with van der Waals surface area (Å²) in [5.74, 6) is -0.787. The summed E-state index contributed by atoms with van der Waals surface area (Å²) in [5.41, 5.74) is 0. The maximum absolute atomic E-state index is 12.5. The molecule has 2 amide bonds. The number of imide groups is 1. The van der Waals surface area contributed by atoms with Crippen LogP contribution in [0.4, 0.5) is 0 Å². The van der Waals surface area contributed by atoms with E-state index in [-0.39, 0.29) is 29.4 Å². The molecule has 0 bridgehead atoms. The number of likely N-dealkylation sites (tertiary alicyclic amines) is 2. The summed E-state index contributed by atoms with van der Waals surface area (Å²) in [4.78, 5) is 41.1. The molecule has 0 spiro atoms. The average molecular weight is 318 g/mol. The molecule has 0 saturated carbocycles. The minimum atomic E-state index is -0.620. The van der Waals surface area contributed by atoms with Crippen LogP contribution in [0.15, 0.2) is 12.2 Å². The number of Topliss-reactive ketones (excluding diaryl/α,β-unsaturated/α-hetero) is 1. The summed E-state index contributed by atoms with van der Waals surface area (Å²) in [7, 11) is 0. The molecule has 0 aromatic rings. The Morgan fingerprint density at radius 3 is 2.22 bits per heavy atom. The van der Waals surface area contributed by atoms with Crippen molar-refractivity contribution in [1.29, 1.82) is 0 Å². The Morgan fingerprint density at radius 2 is 1.65 bits per heavy atom. The summed E-state index contributed by atoms with van der Waals surface area (Å²) in [6.07, 6.45) is 9.28. The Bertz CT molecular complexity index is 496. The standard InChI is InChI=1S/C18H26N2O3/c1-13(16(21)9-12-19-10-5-2-6-11-19)20-17(22)14-7-3-4-8-15(14)18(20)23/h3-4,13-15H,2,5-12H2,1H3. The molecule has 126 valence electrons. The number of carbonyl (C=O) groups excluding carboxylic acids is 3. The quantitative estimate of drug-likeness (QED) is 0.573. The second-order valence-electron chi connectivity index (χ2n) is 7.00. The molecule has 0 N–H and O–H groups in total. The minimum absolute atomic E-state index is 0.00359. The molecule has 3 aliphatic rings. The number of nitrogens with zero attached hydrogens (tertiary/aromatic N) is 2. The third-order valence-corrected chi connectivity index (χ3v) is 5.52. The van der Waals surface area contributed by atoms with Crippen LogP contribution in [0, 0.1) is 11.8 Å². The van der Waals surface area contributed by atoms with Gasteiger partial charge in [-0.25, -0.2) is 0 Å². The highest BCUT2D eigenvalue weighted by atomic mass is 16.2. The van der Waals surface area contributed by atoms with E-state index >= 15 is 0 Å². The number of ketones is 1. The van der Waals surface area contributed by atoms with E-state index in [9.17, 15) is 14.4 Å². The van der Waals surface area contributed by atoms with E-state index in [2.05, 4.69) is 4.90 Å².